The van der Waals surface area contributed by atoms with E-state index >= 15 is 0 Å². The van der Waals surface area contributed by atoms with Crippen LogP contribution in [-0.2, 0) is 20.9 Å². The first-order valence-corrected chi connectivity index (χ1v) is 9.23. The Morgan fingerprint density at radius 3 is 2.78 bits per heavy atom. The summed E-state index contributed by atoms with van der Waals surface area (Å²) in [5, 5.41) is 2.90. The smallest absolute Gasteiger partial charge is 0.334 e. The zero-order chi connectivity index (χ0) is 19.4. The molecule has 27 heavy (non-hydrogen) atoms. The van der Waals surface area contributed by atoms with E-state index in [1.165, 1.54) is 12.1 Å². The molecule has 3 rings (SSSR count). The van der Waals surface area contributed by atoms with Gasteiger partial charge in [-0.05, 0) is 56.4 Å². The molecule has 1 aromatic rings. The molecule has 1 aromatic carbocycles. The first kappa shape index (κ1) is 19.1. The van der Waals surface area contributed by atoms with E-state index in [0.717, 1.165) is 24.0 Å². The number of ether oxygens (including phenoxy) is 1. The third-order valence-corrected chi connectivity index (χ3v) is 5.11. The Morgan fingerprint density at radius 2 is 2.04 bits per heavy atom. The standard InChI is InChI=1S/C22H24FNO3/c1-14-4-3-5-17(8-11-19-15(2)22(26)27-20(19)12-14)21(25)24-13-16-6-9-18(23)10-7-16/h5-7,9-10,12,19-20H,2-4,8,11,13H2,1H3,(H,24,25)/t19-,20-/m1/s1. The minimum Gasteiger partial charge on any atom is -0.454 e. The topological polar surface area (TPSA) is 55.4 Å². The highest BCUT2D eigenvalue weighted by atomic mass is 19.1. The summed E-state index contributed by atoms with van der Waals surface area (Å²) in [5.41, 5.74) is 3.16. The predicted octanol–water partition coefficient (Wildman–Crippen LogP) is 3.99. The molecular formula is C22H24FNO3. The molecule has 1 aliphatic carbocycles. The predicted molar refractivity (Wildman–Crippen MR) is 101 cm³/mol. The van der Waals surface area contributed by atoms with Crippen LogP contribution in [0.1, 0.15) is 38.2 Å². The van der Waals surface area contributed by atoms with E-state index in [1.54, 1.807) is 12.1 Å². The van der Waals surface area contributed by atoms with Gasteiger partial charge in [0.05, 0.1) is 0 Å². The van der Waals surface area contributed by atoms with E-state index in [2.05, 4.69) is 11.9 Å². The van der Waals surface area contributed by atoms with E-state index in [9.17, 15) is 14.0 Å². The van der Waals surface area contributed by atoms with Crippen LogP contribution in [-0.4, -0.2) is 18.0 Å². The van der Waals surface area contributed by atoms with Crippen molar-refractivity contribution in [1.29, 1.82) is 0 Å². The fourth-order valence-electron chi connectivity index (χ4n) is 3.47. The van der Waals surface area contributed by atoms with Gasteiger partial charge in [0.25, 0.3) is 0 Å². The van der Waals surface area contributed by atoms with E-state index in [0.29, 0.717) is 30.5 Å². The molecule has 1 N–H and O–H groups in total. The Balaban J connectivity index is 1.68. The Labute approximate surface area is 158 Å². The highest BCUT2D eigenvalue weighted by Crippen LogP contribution is 2.34. The fourth-order valence-corrected chi connectivity index (χ4v) is 3.47. The molecule has 0 saturated carbocycles. The lowest BCUT2D eigenvalue weighted by molar-refractivity contribution is -0.137. The molecule has 0 bridgehead atoms. The van der Waals surface area contributed by atoms with Gasteiger partial charge in [-0.2, -0.15) is 0 Å². The minimum atomic E-state index is -0.348. The molecule has 0 aromatic heterocycles. The summed E-state index contributed by atoms with van der Waals surface area (Å²) in [6.45, 7) is 6.22. The monoisotopic (exact) mass is 369 g/mol. The van der Waals surface area contributed by atoms with Gasteiger partial charge in [-0.15, -0.1) is 0 Å². The maximum Gasteiger partial charge on any atom is 0.334 e. The summed E-state index contributed by atoms with van der Waals surface area (Å²) < 4.78 is 18.4. The third-order valence-electron chi connectivity index (χ3n) is 5.11. The summed E-state index contributed by atoms with van der Waals surface area (Å²) in [7, 11) is 0. The normalized spacial score (nSPS) is 23.0. The number of benzene rings is 1. The zero-order valence-corrected chi connectivity index (χ0v) is 15.5. The molecule has 1 heterocycles. The van der Waals surface area contributed by atoms with Crippen molar-refractivity contribution in [1.82, 2.24) is 5.32 Å². The molecule has 0 radical (unpaired) electrons. The van der Waals surface area contributed by atoms with Crippen LogP contribution in [0.2, 0.25) is 0 Å². The Hall–Kier alpha value is -2.69. The molecule has 2 aliphatic rings. The van der Waals surface area contributed by atoms with Crippen molar-refractivity contribution < 1.29 is 18.7 Å². The largest absolute Gasteiger partial charge is 0.454 e. The molecule has 0 unspecified atom stereocenters. The number of allylic oxidation sites excluding steroid dienone is 2. The van der Waals surface area contributed by atoms with Crippen LogP contribution in [0.5, 0.6) is 0 Å². The zero-order valence-electron chi connectivity index (χ0n) is 15.5. The maximum atomic E-state index is 13.0. The van der Waals surface area contributed by atoms with Gasteiger partial charge in [-0.3, -0.25) is 4.79 Å². The maximum absolute atomic E-state index is 13.0. The molecule has 142 valence electrons. The number of fused-ring (bicyclic) bond motifs is 1. The summed E-state index contributed by atoms with van der Waals surface area (Å²) >= 11 is 0. The number of carbonyl (C=O) groups is 2. The minimum absolute atomic E-state index is 0.0983. The van der Waals surface area contributed by atoms with Gasteiger partial charge in [0.15, 0.2) is 0 Å². The molecule has 5 heteroatoms. The van der Waals surface area contributed by atoms with E-state index in [-0.39, 0.29) is 29.7 Å². The first-order chi connectivity index (χ1) is 12.9. The van der Waals surface area contributed by atoms with Gasteiger partial charge in [0, 0.05) is 23.6 Å². The Bertz CT molecular complexity index is 807. The number of carbonyl (C=O) groups excluding carboxylic acids is 2. The molecule has 4 nitrogen and oxygen atoms in total. The first-order valence-electron chi connectivity index (χ1n) is 9.23. The summed E-state index contributed by atoms with van der Waals surface area (Å²) in [4.78, 5) is 24.5. The quantitative estimate of drug-likeness (QED) is 0.498. The van der Waals surface area contributed by atoms with Crippen LogP contribution < -0.4 is 5.32 Å². The number of hydrogen-bond donors (Lipinski definition) is 1. The van der Waals surface area contributed by atoms with Crippen LogP contribution in [0, 0.1) is 11.7 Å². The van der Waals surface area contributed by atoms with Crippen LogP contribution in [0.4, 0.5) is 4.39 Å². The molecular weight excluding hydrogens is 345 g/mol. The SMILES string of the molecule is C=C1C(=O)O[C@@H]2C=C(C)CCC=C(C(=O)NCc3ccc(F)cc3)CC[C@H]12. The molecule has 2 atom stereocenters. The van der Waals surface area contributed by atoms with Crippen molar-refractivity contribution in [2.24, 2.45) is 5.92 Å². The average Bonchev–Trinajstić information content (AvgIpc) is 2.91. The van der Waals surface area contributed by atoms with E-state index in [4.69, 9.17) is 4.74 Å². The van der Waals surface area contributed by atoms with Gasteiger partial charge in [-0.25, -0.2) is 9.18 Å². The lowest BCUT2D eigenvalue weighted by atomic mass is 9.87. The van der Waals surface area contributed by atoms with Gasteiger partial charge in [-0.1, -0.05) is 30.4 Å². The van der Waals surface area contributed by atoms with Crippen LogP contribution in [0.15, 0.2) is 59.7 Å². The van der Waals surface area contributed by atoms with Crippen molar-refractivity contribution in [3.63, 3.8) is 0 Å². The second-order valence-electron chi connectivity index (χ2n) is 7.13. The van der Waals surface area contributed by atoms with Gasteiger partial charge in [0.2, 0.25) is 5.91 Å². The molecule has 0 spiro atoms. The van der Waals surface area contributed by atoms with Gasteiger partial charge >= 0.3 is 5.97 Å². The summed E-state index contributed by atoms with van der Waals surface area (Å²) in [6, 6.07) is 6.06. The molecule has 1 fully saturated rings. The fraction of sp³-hybridized carbons (Fsp3) is 0.364. The lowest BCUT2D eigenvalue weighted by Crippen LogP contribution is -2.25. The van der Waals surface area contributed by atoms with Crippen molar-refractivity contribution in [3.05, 3.63) is 71.1 Å². The second kappa shape index (κ2) is 8.33. The van der Waals surface area contributed by atoms with Crippen molar-refractivity contribution in [2.75, 3.05) is 0 Å². The number of rotatable bonds is 3. The Kier molecular flexibility index (Phi) is 5.89. The van der Waals surface area contributed by atoms with Crippen molar-refractivity contribution in [2.45, 2.75) is 45.3 Å². The van der Waals surface area contributed by atoms with E-state index < -0.39 is 0 Å². The summed E-state index contributed by atoms with van der Waals surface area (Å²) in [5.74, 6) is -0.876. The average molecular weight is 369 g/mol. The molecule has 1 amide bonds. The highest BCUT2D eigenvalue weighted by molar-refractivity contribution is 5.93. The summed E-state index contributed by atoms with van der Waals surface area (Å²) in [6.07, 6.45) is 6.45. The number of nitrogens with one attached hydrogen (secondary N) is 1. The van der Waals surface area contributed by atoms with Gasteiger partial charge < -0.3 is 10.1 Å². The second-order valence-corrected chi connectivity index (χ2v) is 7.13. The van der Waals surface area contributed by atoms with Crippen molar-refractivity contribution >= 4 is 11.9 Å². The Morgan fingerprint density at radius 1 is 1.30 bits per heavy atom. The number of halogens is 1. The third kappa shape index (κ3) is 4.73. The van der Waals surface area contributed by atoms with E-state index in [1.807, 2.05) is 19.1 Å². The molecule has 1 aliphatic heterocycles. The highest BCUT2D eigenvalue weighted by Gasteiger charge is 2.37. The van der Waals surface area contributed by atoms with Crippen LogP contribution in [0.25, 0.3) is 0 Å². The number of amides is 1. The van der Waals surface area contributed by atoms with Gasteiger partial charge in [0.1, 0.15) is 11.9 Å². The van der Waals surface area contributed by atoms with Crippen molar-refractivity contribution in [3.8, 4) is 0 Å². The van der Waals surface area contributed by atoms with Crippen LogP contribution in [0.3, 0.4) is 0 Å². The van der Waals surface area contributed by atoms with Crippen LogP contribution >= 0.6 is 0 Å². The molecule has 1 saturated heterocycles. The number of hydrogen-bond acceptors (Lipinski definition) is 3. The lowest BCUT2D eigenvalue weighted by Gasteiger charge is -2.18. The number of esters is 1.